The number of carbonyl (C=O) groups excluding carboxylic acids is 1. The molecule has 3 nitrogen and oxygen atoms in total. The zero-order valence-corrected chi connectivity index (χ0v) is 10.0. The van der Waals surface area contributed by atoms with Gasteiger partial charge in [-0.2, -0.15) is 0 Å². The number of alkyl halides is 1. The molecule has 1 saturated heterocycles. The maximum Gasteiger partial charge on any atom is 0.252 e. The molecule has 0 aromatic carbocycles. The Balaban J connectivity index is 1.95. The Morgan fingerprint density at radius 3 is 2.64 bits per heavy atom. The minimum absolute atomic E-state index is 0.0338. The van der Waals surface area contributed by atoms with Gasteiger partial charge in [0.15, 0.2) is 0 Å². The summed E-state index contributed by atoms with van der Waals surface area (Å²) in [6, 6.07) is 0. The predicted molar refractivity (Wildman–Crippen MR) is 57.5 cm³/mol. The molecule has 14 heavy (non-hydrogen) atoms. The van der Waals surface area contributed by atoms with Crippen LogP contribution in [0.3, 0.4) is 0 Å². The smallest absolute Gasteiger partial charge is 0.252 e. The van der Waals surface area contributed by atoms with Crippen molar-refractivity contribution >= 4 is 21.8 Å². The van der Waals surface area contributed by atoms with Crippen LogP contribution in [0.25, 0.3) is 0 Å². The van der Waals surface area contributed by atoms with Crippen molar-refractivity contribution in [1.29, 1.82) is 0 Å². The van der Waals surface area contributed by atoms with Gasteiger partial charge in [0, 0.05) is 17.5 Å². The Labute approximate surface area is 92.7 Å². The molecule has 0 radical (unpaired) electrons. The van der Waals surface area contributed by atoms with Crippen molar-refractivity contribution < 1.29 is 9.53 Å². The van der Waals surface area contributed by atoms with Crippen LogP contribution in [0, 0.1) is 0 Å². The normalized spacial score (nSPS) is 34.1. The highest BCUT2D eigenvalue weighted by Crippen LogP contribution is 2.38. The van der Waals surface area contributed by atoms with E-state index in [4.69, 9.17) is 4.74 Å². The molecular weight excluding hydrogens is 246 g/mol. The average Bonchev–Trinajstić information content (AvgIpc) is 2.80. The number of carbonyl (C=O) groups is 1. The van der Waals surface area contributed by atoms with Crippen molar-refractivity contribution in [3.05, 3.63) is 0 Å². The molecule has 2 aliphatic rings. The first-order valence-corrected chi connectivity index (χ1v) is 6.25. The number of hydrogen-bond donors (Lipinski definition) is 1. The molecule has 2 fully saturated rings. The van der Waals surface area contributed by atoms with E-state index in [0.29, 0.717) is 6.61 Å². The third kappa shape index (κ3) is 1.82. The molecule has 0 bridgehead atoms. The fraction of sp³-hybridized carbons (Fsp3) is 0.900. The van der Waals surface area contributed by atoms with Crippen molar-refractivity contribution in [2.24, 2.45) is 0 Å². The molecule has 1 amide bonds. The average molecular weight is 262 g/mol. The number of ether oxygens (including phenoxy) is 1. The second-order valence-electron chi connectivity index (χ2n) is 4.55. The predicted octanol–water partition coefficient (Wildman–Crippen LogP) is 1.60. The summed E-state index contributed by atoms with van der Waals surface area (Å²) in [5.74, 6) is 0.0620. The lowest BCUT2D eigenvalue weighted by atomic mass is 10.0. The molecule has 80 valence electrons. The van der Waals surface area contributed by atoms with Gasteiger partial charge in [0.05, 0.1) is 0 Å². The van der Waals surface area contributed by atoms with Gasteiger partial charge in [-0.1, -0.05) is 15.9 Å². The van der Waals surface area contributed by atoms with E-state index >= 15 is 0 Å². The van der Waals surface area contributed by atoms with Crippen LogP contribution < -0.4 is 5.32 Å². The lowest BCUT2D eigenvalue weighted by molar-refractivity contribution is -0.140. The molecule has 1 heterocycles. The summed E-state index contributed by atoms with van der Waals surface area (Å²) in [6.07, 6.45) is 4.00. The van der Waals surface area contributed by atoms with Gasteiger partial charge in [-0.15, -0.1) is 0 Å². The number of hydrogen-bond acceptors (Lipinski definition) is 2. The van der Waals surface area contributed by atoms with Gasteiger partial charge in [0.1, 0.15) is 5.60 Å². The van der Waals surface area contributed by atoms with Crippen molar-refractivity contribution in [3.63, 3.8) is 0 Å². The quantitative estimate of drug-likeness (QED) is 0.784. The van der Waals surface area contributed by atoms with Crippen LogP contribution in [0.4, 0.5) is 0 Å². The summed E-state index contributed by atoms with van der Waals surface area (Å²) in [5.41, 5.74) is -0.538. The van der Waals surface area contributed by atoms with E-state index in [9.17, 15) is 4.79 Å². The van der Waals surface area contributed by atoms with Gasteiger partial charge in [-0.05, 0) is 32.6 Å². The second-order valence-corrected chi connectivity index (χ2v) is 5.11. The topological polar surface area (TPSA) is 38.3 Å². The maximum atomic E-state index is 11.9. The van der Waals surface area contributed by atoms with E-state index in [-0.39, 0.29) is 11.4 Å². The number of amides is 1. The zero-order chi connectivity index (χ0) is 10.2. The molecule has 1 aliphatic carbocycles. The van der Waals surface area contributed by atoms with Crippen molar-refractivity contribution in [1.82, 2.24) is 5.32 Å². The first-order chi connectivity index (χ1) is 6.60. The van der Waals surface area contributed by atoms with Crippen LogP contribution in [-0.2, 0) is 9.53 Å². The number of rotatable bonds is 3. The first kappa shape index (κ1) is 10.4. The molecule has 4 heteroatoms. The van der Waals surface area contributed by atoms with Crippen LogP contribution in [0.5, 0.6) is 0 Å². The summed E-state index contributed by atoms with van der Waals surface area (Å²) in [5, 5.41) is 3.94. The fourth-order valence-electron chi connectivity index (χ4n) is 1.77. The molecule has 1 unspecified atom stereocenters. The van der Waals surface area contributed by atoms with E-state index in [2.05, 4.69) is 21.2 Å². The summed E-state index contributed by atoms with van der Waals surface area (Å²) in [4.78, 5) is 11.9. The first-order valence-electron chi connectivity index (χ1n) is 5.13. The molecule has 1 atom stereocenters. The largest absolute Gasteiger partial charge is 0.365 e. The highest BCUT2D eigenvalue weighted by Gasteiger charge is 2.47. The van der Waals surface area contributed by atoms with Gasteiger partial charge in [-0.3, -0.25) is 4.79 Å². The molecule has 1 N–H and O–H groups in total. The SMILES string of the molecule is CC1(C(=O)NC2(CBr)CC2)CCCO1. The fourth-order valence-corrected chi connectivity index (χ4v) is 2.48. The van der Waals surface area contributed by atoms with Crippen LogP contribution in [0.15, 0.2) is 0 Å². The highest BCUT2D eigenvalue weighted by molar-refractivity contribution is 9.09. The summed E-state index contributed by atoms with van der Waals surface area (Å²) < 4.78 is 5.49. The minimum Gasteiger partial charge on any atom is -0.365 e. The van der Waals surface area contributed by atoms with Crippen molar-refractivity contribution in [2.45, 2.75) is 43.7 Å². The van der Waals surface area contributed by atoms with E-state index in [1.807, 2.05) is 6.92 Å². The minimum atomic E-state index is -0.572. The zero-order valence-electron chi connectivity index (χ0n) is 8.44. The van der Waals surface area contributed by atoms with Gasteiger partial charge in [0.2, 0.25) is 0 Å². The van der Waals surface area contributed by atoms with Gasteiger partial charge >= 0.3 is 0 Å². The summed E-state index contributed by atoms with van der Waals surface area (Å²) >= 11 is 3.43. The molecular formula is C10H16BrNO2. The second kappa shape index (κ2) is 3.49. The van der Waals surface area contributed by atoms with Crippen molar-refractivity contribution in [3.8, 4) is 0 Å². The maximum absolute atomic E-state index is 11.9. The molecule has 0 aromatic rings. The third-order valence-electron chi connectivity index (χ3n) is 3.19. The Morgan fingerprint density at radius 1 is 1.50 bits per heavy atom. The lowest BCUT2D eigenvalue weighted by Crippen LogP contribution is -2.49. The Kier molecular flexibility index (Phi) is 2.60. The van der Waals surface area contributed by atoms with Crippen LogP contribution in [0.2, 0.25) is 0 Å². The van der Waals surface area contributed by atoms with Gasteiger partial charge in [0.25, 0.3) is 5.91 Å². The van der Waals surface area contributed by atoms with Crippen LogP contribution in [-0.4, -0.2) is 29.0 Å². The van der Waals surface area contributed by atoms with E-state index in [1.165, 1.54) is 0 Å². The Hall–Kier alpha value is -0.0900. The Bertz CT molecular complexity index is 245. The number of halogens is 1. The molecule has 1 saturated carbocycles. The molecule has 0 spiro atoms. The summed E-state index contributed by atoms with van der Waals surface area (Å²) in [7, 11) is 0. The molecule has 1 aliphatic heterocycles. The monoisotopic (exact) mass is 261 g/mol. The third-order valence-corrected chi connectivity index (χ3v) is 4.26. The molecule has 2 rings (SSSR count). The lowest BCUT2D eigenvalue weighted by Gasteiger charge is -2.25. The van der Waals surface area contributed by atoms with Gasteiger partial charge < -0.3 is 10.1 Å². The highest BCUT2D eigenvalue weighted by atomic mass is 79.9. The van der Waals surface area contributed by atoms with Gasteiger partial charge in [-0.25, -0.2) is 0 Å². The van der Waals surface area contributed by atoms with E-state index < -0.39 is 5.60 Å². The van der Waals surface area contributed by atoms with E-state index in [1.54, 1.807) is 0 Å². The van der Waals surface area contributed by atoms with Crippen LogP contribution >= 0.6 is 15.9 Å². The van der Waals surface area contributed by atoms with E-state index in [0.717, 1.165) is 31.0 Å². The van der Waals surface area contributed by atoms with Crippen molar-refractivity contribution in [2.75, 3.05) is 11.9 Å². The van der Waals surface area contributed by atoms with Crippen LogP contribution in [0.1, 0.15) is 32.6 Å². The summed E-state index contributed by atoms with van der Waals surface area (Å²) in [6.45, 7) is 2.60. The standard InChI is InChI=1S/C10H16BrNO2/c1-9(3-2-6-14-9)8(13)12-10(7-11)4-5-10/h2-7H2,1H3,(H,12,13). The molecule has 0 aromatic heterocycles. The Morgan fingerprint density at radius 2 is 2.21 bits per heavy atom. The number of nitrogens with one attached hydrogen (secondary N) is 1.